The molecule has 1 aromatic rings. The zero-order valence-electron chi connectivity index (χ0n) is 15.8. The molecule has 1 aromatic carbocycles. The van der Waals surface area contributed by atoms with Gasteiger partial charge >= 0.3 is 6.03 Å². The third-order valence-corrected chi connectivity index (χ3v) is 5.16. The van der Waals surface area contributed by atoms with Gasteiger partial charge in [0.15, 0.2) is 0 Å². The minimum atomic E-state index is -1.25. The van der Waals surface area contributed by atoms with E-state index >= 15 is 0 Å². The van der Waals surface area contributed by atoms with Crippen molar-refractivity contribution in [3.05, 3.63) is 41.5 Å². The Kier molecular flexibility index (Phi) is 6.43. The first-order chi connectivity index (χ1) is 13.8. The zero-order chi connectivity index (χ0) is 21.1. The second kappa shape index (κ2) is 8.83. The molecule has 2 saturated heterocycles. The average molecular weight is 404 g/mol. The van der Waals surface area contributed by atoms with E-state index < -0.39 is 54.3 Å². The van der Waals surface area contributed by atoms with E-state index in [2.05, 4.69) is 10.6 Å². The summed E-state index contributed by atoms with van der Waals surface area (Å²) in [5, 5.41) is 33.7. The van der Waals surface area contributed by atoms with Gasteiger partial charge in [-0.25, -0.2) is 4.79 Å². The largest absolute Gasteiger partial charge is 0.388 e. The Hall–Kier alpha value is -2.59. The molecule has 0 aliphatic carbocycles. The Morgan fingerprint density at radius 3 is 2.21 bits per heavy atom. The number of aliphatic hydroxyl groups excluding tert-OH is 3. The number of hydrogen-bond donors (Lipinski definition) is 5. The van der Waals surface area contributed by atoms with Crippen LogP contribution in [0.25, 0.3) is 6.08 Å². The molecule has 9 heteroatoms. The highest BCUT2D eigenvalue weighted by atomic mass is 16.5. The molecule has 5 atom stereocenters. The van der Waals surface area contributed by atoms with Crippen molar-refractivity contribution in [3.63, 3.8) is 0 Å². The van der Waals surface area contributed by atoms with Crippen LogP contribution in [-0.4, -0.2) is 63.7 Å². The van der Waals surface area contributed by atoms with E-state index in [0.717, 1.165) is 11.1 Å². The standard InChI is InChI=1S/C20H24N2O7/c1-10-15(23)17(25)16(24)14(29-10)4-2-3-11-5-7-12(8-6-11)9-13-18(26)21-20(28)22-19(13)27/h2-3,5-8,10,13-17,23-25H,4,9H2,1H3,(H2,21,22,26,27,28)/b3-2+/t10?,14-,15-,16?,17+/m0/s1. The van der Waals surface area contributed by atoms with Gasteiger partial charge in [-0.1, -0.05) is 36.4 Å². The Bertz CT molecular complexity index is 788. The third-order valence-electron chi connectivity index (χ3n) is 5.16. The van der Waals surface area contributed by atoms with E-state index in [1.165, 1.54) is 0 Å². The molecular formula is C20H24N2O7. The first-order valence-corrected chi connectivity index (χ1v) is 9.37. The maximum Gasteiger partial charge on any atom is 0.328 e. The molecule has 2 fully saturated rings. The second-order valence-corrected chi connectivity index (χ2v) is 7.30. The molecule has 29 heavy (non-hydrogen) atoms. The predicted octanol–water partition coefficient (Wildman–Crippen LogP) is -0.515. The molecule has 2 unspecified atom stereocenters. The van der Waals surface area contributed by atoms with Crippen molar-refractivity contribution in [1.82, 2.24) is 10.6 Å². The van der Waals surface area contributed by atoms with E-state index in [1.54, 1.807) is 25.1 Å². The lowest BCUT2D eigenvalue weighted by Gasteiger charge is -2.39. The monoisotopic (exact) mass is 404 g/mol. The Morgan fingerprint density at radius 1 is 0.966 bits per heavy atom. The summed E-state index contributed by atoms with van der Waals surface area (Å²) in [4.78, 5) is 34.7. The summed E-state index contributed by atoms with van der Waals surface area (Å²) in [5.41, 5.74) is 1.63. The highest BCUT2D eigenvalue weighted by molar-refractivity contribution is 6.16. The minimum absolute atomic E-state index is 0.176. The van der Waals surface area contributed by atoms with Crippen LogP contribution in [0.3, 0.4) is 0 Å². The number of nitrogens with one attached hydrogen (secondary N) is 2. The van der Waals surface area contributed by atoms with E-state index in [0.29, 0.717) is 6.42 Å². The molecule has 0 bridgehead atoms. The summed E-state index contributed by atoms with van der Waals surface area (Å²) in [7, 11) is 0. The average Bonchev–Trinajstić information content (AvgIpc) is 2.68. The van der Waals surface area contributed by atoms with Crippen LogP contribution < -0.4 is 10.6 Å². The SMILES string of the molecule is CC1O[C@@H](C/C=C/c2ccc(CC3C(=O)NC(=O)NC3=O)cc2)C(O)[C@H](O)[C@H]1O. The van der Waals surface area contributed by atoms with Gasteiger partial charge in [-0.3, -0.25) is 20.2 Å². The van der Waals surface area contributed by atoms with Gasteiger partial charge in [-0.15, -0.1) is 0 Å². The van der Waals surface area contributed by atoms with Crippen LogP contribution in [0.5, 0.6) is 0 Å². The quantitative estimate of drug-likeness (QED) is 0.415. The van der Waals surface area contributed by atoms with Gasteiger partial charge in [0.05, 0.1) is 12.2 Å². The van der Waals surface area contributed by atoms with Crippen molar-refractivity contribution in [2.24, 2.45) is 5.92 Å². The van der Waals surface area contributed by atoms with Crippen molar-refractivity contribution in [2.45, 2.75) is 50.3 Å². The number of rotatable bonds is 5. The van der Waals surface area contributed by atoms with E-state index in [4.69, 9.17) is 4.74 Å². The normalized spacial score (nSPS) is 31.0. The molecule has 2 aliphatic rings. The number of hydrogen-bond acceptors (Lipinski definition) is 7. The van der Waals surface area contributed by atoms with Crippen molar-refractivity contribution in [2.75, 3.05) is 0 Å². The van der Waals surface area contributed by atoms with Gasteiger partial charge < -0.3 is 20.1 Å². The lowest BCUT2D eigenvalue weighted by molar-refractivity contribution is -0.215. The molecule has 0 aromatic heterocycles. The number of amides is 4. The lowest BCUT2D eigenvalue weighted by atomic mass is 9.93. The molecule has 0 radical (unpaired) electrons. The number of aliphatic hydroxyl groups is 3. The van der Waals surface area contributed by atoms with Crippen molar-refractivity contribution < 1.29 is 34.4 Å². The van der Waals surface area contributed by atoms with Crippen LogP contribution in [0.2, 0.25) is 0 Å². The third kappa shape index (κ3) is 4.88. The maximum atomic E-state index is 11.8. The second-order valence-electron chi connectivity index (χ2n) is 7.30. The van der Waals surface area contributed by atoms with Crippen LogP contribution in [0.15, 0.2) is 30.3 Å². The van der Waals surface area contributed by atoms with Gasteiger partial charge in [0.1, 0.15) is 24.2 Å². The lowest BCUT2D eigenvalue weighted by Crippen LogP contribution is -2.56. The van der Waals surface area contributed by atoms with Gasteiger partial charge in [-0.05, 0) is 30.9 Å². The van der Waals surface area contributed by atoms with Crippen LogP contribution in [-0.2, 0) is 20.7 Å². The summed E-state index contributed by atoms with van der Waals surface area (Å²) < 4.78 is 5.54. The zero-order valence-corrected chi connectivity index (χ0v) is 15.8. The molecule has 0 saturated carbocycles. The number of imide groups is 2. The predicted molar refractivity (Wildman–Crippen MR) is 101 cm³/mol. The smallest absolute Gasteiger partial charge is 0.328 e. The number of carbonyl (C=O) groups excluding carboxylic acids is 3. The van der Waals surface area contributed by atoms with E-state index in [-0.39, 0.29) is 6.42 Å². The summed E-state index contributed by atoms with van der Waals surface area (Å²) >= 11 is 0. The van der Waals surface area contributed by atoms with Crippen LogP contribution in [0.1, 0.15) is 24.5 Å². The first-order valence-electron chi connectivity index (χ1n) is 9.37. The number of carbonyl (C=O) groups is 3. The van der Waals surface area contributed by atoms with Gasteiger partial charge in [-0.2, -0.15) is 0 Å². The molecule has 2 aliphatic heterocycles. The highest BCUT2D eigenvalue weighted by Crippen LogP contribution is 2.23. The topological polar surface area (TPSA) is 145 Å². The number of urea groups is 1. The molecule has 3 rings (SSSR count). The van der Waals surface area contributed by atoms with Gasteiger partial charge in [0.2, 0.25) is 11.8 Å². The van der Waals surface area contributed by atoms with Crippen LogP contribution in [0.4, 0.5) is 4.79 Å². The molecular weight excluding hydrogens is 380 g/mol. The first kappa shape index (κ1) is 21.1. The fraction of sp³-hybridized carbons (Fsp3) is 0.450. The molecule has 5 N–H and O–H groups in total. The fourth-order valence-electron chi connectivity index (χ4n) is 3.40. The Labute approximate surface area is 167 Å². The molecule has 156 valence electrons. The molecule has 4 amide bonds. The summed E-state index contributed by atoms with van der Waals surface area (Å²) in [6.45, 7) is 1.64. The van der Waals surface area contributed by atoms with Crippen molar-refractivity contribution in [1.29, 1.82) is 0 Å². The molecule has 2 heterocycles. The maximum absolute atomic E-state index is 11.8. The fourth-order valence-corrected chi connectivity index (χ4v) is 3.40. The van der Waals surface area contributed by atoms with Gasteiger partial charge in [0, 0.05) is 0 Å². The molecule has 0 spiro atoms. The Morgan fingerprint density at radius 2 is 1.59 bits per heavy atom. The Balaban J connectivity index is 1.56. The number of benzene rings is 1. The summed E-state index contributed by atoms with van der Waals surface area (Å²) in [6.07, 6.45) is -0.588. The van der Waals surface area contributed by atoms with Crippen molar-refractivity contribution >= 4 is 23.9 Å². The van der Waals surface area contributed by atoms with E-state index in [9.17, 15) is 29.7 Å². The number of ether oxygens (including phenoxy) is 1. The van der Waals surface area contributed by atoms with E-state index in [1.807, 2.05) is 18.2 Å². The summed E-state index contributed by atoms with van der Waals surface area (Å²) in [6, 6.07) is 6.39. The molecule has 9 nitrogen and oxygen atoms in total. The van der Waals surface area contributed by atoms with Gasteiger partial charge in [0.25, 0.3) is 0 Å². The van der Waals surface area contributed by atoms with Crippen LogP contribution in [0, 0.1) is 5.92 Å². The van der Waals surface area contributed by atoms with Crippen molar-refractivity contribution in [3.8, 4) is 0 Å². The minimum Gasteiger partial charge on any atom is -0.388 e. The number of barbiturate groups is 1. The highest BCUT2D eigenvalue weighted by Gasteiger charge is 2.41. The van der Waals surface area contributed by atoms with Crippen LogP contribution >= 0.6 is 0 Å². The summed E-state index contributed by atoms with van der Waals surface area (Å²) in [5.74, 6) is -2.19.